The monoisotopic (exact) mass is 305 g/mol. The summed E-state index contributed by atoms with van der Waals surface area (Å²) in [7, 11) is 0. The lowest BCUT2D eigenvalue weighted by Crippen LogP contribution is -2.68. The minimum Gasteiger partial charge on any atom is -0.459 e. The molecule has 1 unspecified atom stereocenters. The van der Waals surface area contributed by atoms with Gasteiger partial charge in [-0.3, -0.25) is 19.7 Å². The third-order valence-corrected chi connectivity index (χ3v) is 3.63. The highest BCUT2D eigenvalue weighted by molar-refractivity contribution is 6.09. The van der Waals surface area contributed by atoms with Crippen molar-refractivity contribution in [1.82, 2.24) is 10.2 Å². The van der Waals surface area contributed by atoms with Gasteiger partial charge in [0.15, 0.2) is 5.54 Å². The number of hydrogen-bond acceptors (Lipinski definition) is 5. The third-order valence-electron chi connectivity index (χ3n) is 3.63. The lowest BCUT2D eigenvalue weighted by atomic mass is 9.97. The summed E-state index contributed by atoms with van der Waals surface area (Å²) < 4.78 is 5.14. The van der Waals surface area contributed by atoms with Gasteiger partial charge in [0.05, 0.1) is 0 Å². The van der Waals surface area contributed by atoms with Gasteiger partial charge in [0.2, 0.25) is 5.91 Å². The molecule has 118 valence electrons. The van der Waals surface area contributed by atoms with E-state index in [9.17, 15) is 14.4 Å². The zero-order valence-corrected chi connectivity index (χ0v) is 12.4. The van der Waals surface area contributed by atoms with Crippen molar-refractivity contribution in [3.63, 3.8) is 0 Å². The summed E-state index contributed by atoms with van der Waals surface area (Å²) in [6.07, 6.45) is 0. The molecule has 0 saturated carbocycles. The molecule has 1 fully saturated rings. The highest BCUT2D eigenvalue weighted by Gasteiger charge is 2.45. The fourth-order valence-corrected chi connectivity index (χ4v) is 2.22. The zero-order valence-electron chi connectivity index (χ0n) is 12.4. The summed E-state index contributed by atoms with van der Waals surface area (Å²) in [6, 6.07) is 9.25. The summed E-state index contributed by atoms with van der Waals surface area (Å²) in [5.41, 5.74) is 4.65. The van der Waals surface area contributed by atoms with Gasteiger partial charge >= 0.3 is 5.97 Å². The molecular formula is C15H19N3O4. The number of carbonyl (C=O) groups excluding carboxylic acids is 3. The molecule has 0 spiro atoms. The lowest BCUT2D eigenvalue weighted by Gasteiger charge is -2.37. The van der Waals surface area contributed by atoms with Crippen molar-refractivity contribution in [2.45, 2.75) is 19.1 Å². The predicted molar refractivity (Wildman–Crippen MR) is 78.4 cm³/mol. The molecule has 1 atom stereocenters. The van der Waals surface area contributed by atoms with Crippen LogP contribution in [0.3, 0.4) is 0 Å². The molecule has 1 saturated heterocycles. The third kappa shape index (κ3) is 3.43. The van der Waals surface area contributed by atoms with Crippen molar-refractivity contribution >= 4 is 17.8 Å². The van der Waals surface area contributed by atoms with Gasteiger partial charge in [0.25, 0.3) is 5.91 Å². The molecule has 0 aliphatic carbocycles. The Balaban J connectivity index is 1.91. The van der Waals surface area contributed by atoms with Crippen molar-refractivity contribution in [3.8, 4) is 0 Å². The highest BCUT2D eigenvalue weighted by Crippen LogP contribution is 2.13. The van der Waals surface area contributed by atoms with Crippen LogP contribution in [0.4, 0.5) is 0 Å². The molecule has 1 heterocycles. The molecule has 0 aromatic heterocycles. The zero-order chi connectivity index (χ0) is 16.2. The molecule has 1 aliphatic heterocycles. The second-order valence-corrected chi connectivity index (χ2v) is 5.29. The van der Waals surface area contributed by atoms with Crippen molar-refractivity contribution in [3.05, 3.63) is 35.9 Å². The van der Waals surface area contributed by atoms with Crippen LogP contribution in [-0.2, 0) is 25.7 Å². The molecule has 7 heteroatoms. The van der Waals surface area contributed by atoms with E-state index in [4.69, 9.17) is 10.5 Å². The van der Waals surface area contributed by atoms with Gasteiger partial charge in [0, 0.05) is 13.1 Å². The first-order chi connectivity index (χ1) is 10.4. The summed E-state index contributed by atoms with van der Waals surface area (Å²) in [6.45, 7) is 2.07. The van der Waals surface area contributed by atoms with E-state index in [1.807, 2.05) is 30.3 Å². The van der Waals surface area contributed by atoms with Crippen LogP contribution in [0.2, 0.25) is 0 Å². The summed E-state index contributed by atoms with van der Waals surface area (Å²) >= 11 is 0. The minimum absolute atomic E-state index is 0.146. The molecule has 0 radical (unpaired) electrons. The van der Waals surface area contributed by atoms with E-state index >= 15 is 0 Å². The number of benzene rings is 1. The first kappa shape index (κ1) is 16.0. The Labute approximate surface area is 128 Å². The molecule has 1 aliphatic rings. The fourth-order valence-electron chi connectivity index (χ4n) is 2.22. The van der Waals surface area contributed by atoms with E-state index in [1.54, 1.807) is 0 Å². The van der Waals surface area contributed by atoms with Gasteiger partial charge in [-0.25, -0.2) is 0 Å². The molecule has 7 nitrogen and oxygen atoms in total. The Morgan fingerprint density at radius 2 is 2.05 bits per heavy atom. The Morgan fingerprint density at radius 3 is 2.68 bits per heavy atom. The average molecular weight is 305 g/mol. The predicted octanol–water partition coefficient (Wildman–Crippen LogP) is -0.594. The van der Waals surface area contributed by atoms with Gasteiger partial charge in [-0.1, -0.05) is 30.3 Å². The number of nitrogens with zero attached hydrogens (tertiary/aromatic N) is 1. The maximum absolute atomic E-state index is 12.3. The lowest BCUT2D eigenvalue weighted by molar-refractivity contribution is -0.156. The van der Waals surface area contributed by atoms with E-state index in [1.165, 1.54) is 11.8 Å². The van der Waals surface area contributed by atoms with E-state index < -0.39 is 23.3 Å². The molecule has 2 amide bonds. The first-order valence-electron chi connectivity index (χ1n) is 6.97. The van der Waals surface area contributed by atoms with E-state index in [-0.39, 0.29) is 13.2 Å². The van der Waals surface area contributed by atoms with Crippen LogP contribution in [0.1, 0.15) is 12.5 Å². The maximum atomic E-state index is 12.3. The van der Waals surface area contributed by atoms with Crippen molar-refractivity contribution < 1.29 is 19.1 Å². The van der Waals surface area contributed by atoms with Crippen LogP contribution in [0.5, 0.6) is 0 Å². The first-order valence-corrected chi connectivity index (χ1v) is 6.97. The quantitative estimate of drug-likeness (QED) is 0.559. The number of hydrogen-bond donors (Lipinski definition) is 2. The summed E-state index contributed by atoms with van der Waals surface area (Å²) in [5, 5.41) is 2.79. The molecule has 22 heavy (non-hydrogen) atoms. The molecule has 1 aromatic carbocycles. The van der Waals surface area contributed by atoms with Crippen LogP contribution in [0.15, 0.2) is 30.3 Å². The Kier molecular flexibility index (Phi) is 4.77. The van der Waals surface area contributed by atoms with E-state index in [2.05, 4.69) is 5.32 Å². The Bertz CT molecular complexity index is 575. The van der Waals surface area contributed by atoms with Gasteiger partial charge in [-0.05, 0) is 12.5 Å². The summed E-state index contributed by atoms with van der Waals surface area (Å²) in [5.74, 6) is -1.80. The molecule has 1 aromatic rings. The topological polar surface area (TPSA) is 102 Å². The maximum Gasteiger partial charge on any atom is 0.325 e. The number of amides is 2. The number of primary amides is 1. The molecule has 0 bridgehead atoms. The number of esters is 1. The van der Waals surface area contributed by atoms with Crippen molar-refractivity contribution in [2.75, 3.05) is 19.6 Å². The van der Waals surface area contributed by atoms with E-state index in [0.29, 0.717) is 13.1 Å². The standard InChI is InChI=1S/C15H19N3O4/c1-15(13(16)20)14(21)18(8-7-17-15)9-12(19)22-10-11-5-3-2-4-6-11/h2-6,17H,7-10H2,1H3,(H2,16,20). The van der Waals surface area contributed by atoms with Gasteiger partial charge in [-0.15, -0.1) is 0 Å². The van der Waals surface area contributed by atoms with Crippen molar-refractivity contribution in [1.29, 1.82) is 0 Å². The van der Waals surface area contributed by atoms with Crippen LogP contribution in [0, 0.1) is 0 Å². The van der Waals surface area contributed by atoms with Gasteiger partial charge in [-0.2, -0.15) is 0 Å². The molecule has 2 rings (SSSR count). The Morgan fingerprint density at radius 1 is 1.36 bits per heavy atom. The molecular weight excluding hydrogens is 286 g/mol. The highest BCUT2D eigenvalue weighted by atomic mass is 16.5. The van der Waals surface area contributed by atoms with Crippen LogP contribution in [-0.4, -0.2) is 47.9 Å². The second-order valence-electron chi connectivity index (χ2n) is 5.29. The largest absolute Gasteiger partial charge is 0.459 e. The minimum atomic E-state index is -1.47. The smallest absolute Gasteiger partial charge is 0.325 e. The normalized spacial score (nSPS) is 21.5. The number of ether oxygens (including phenoxy) is 1. The van der Waals surface area contributed by atoms with Crippen molar-refractivity contribution in [2.24, 2.45) is 5.73 Å². The average Bonchev–Trinajstić information content (AvgIpc) is 2.51. The van der Waals surface area contributed by atoms with Crippen LogP contribution < -0.4 is 11.1 Å². The van der Waals surface area contributed by atoms with Gasteiger partial charge in [0.1, 0.15) is 13.2 Å². The second kappa shape index (κ2) is 6.57. The molecule has 3 N–H and O–H groups in total. The summed E-state index contributed by atoms with van der Waals surface area (Å²) in [4.78, 5) is 36.8. The number of rotatable bonds is 5. The fraction of sp³-hybridized carbons (Fsp3) is 0.400. The SMILES string of the molecule is CC1(C(N)=O)NCCN(CC(=O)OCc2ccccc2)C1=O. The van der Waals surface area contributed by atoms with E-state index in [0.717, 1.165) is 5.56 Å². The number of nitrogens with one attached hydrogen (secondary N) is 1. The number of carbonyl (C=O) groups is 3. The van der Waals surface area contributed by atoms with Crippen LogP contribution in [0.25, 0.3) is 0 Å². The number of piperazine rings is 1. The Hall–Kier alpha value is -2.41. The van der Waals surface area contributed by atoms with Crippen LogP contribution >= 0.6 is 0 Å². The number of nitrogens with two attached hydrogens (primary N) is 1. The van der Waals surface area contributed by atoms with Gasteiger partial charge < -0.3 is 15.4 Å².